The number of anilines is 1. The minimum Gasteiger partial charge on any atom is -0.480 e. The van der Waals surface area contributed by atoms with Gasteiger partial charge in [0, 0.05) is 11.4 Å². The Kier molecular flexibility index (Phi) is 5.69. The van der Waals surface area contributed by atoms with Gasteiger partial charge in [0.05, 0.1) is 11.9 Å². The highest BCUT2D eigenvalue weighted by molar-refractivity contribution is 7.92. The number of halogens is 2. The zero-order valence-electron chi connectivity index (χ0n) is 13.6. The van der Waals surface area contributed by atoms with E-state index in [9.17, 15) is 22.7 Å². The van der Waals surface area contributed by atoms with Crippen molar-refractivity contribution in [1.82, 2.24) is 0 Å². The summed E-state index contributed by atoms with van der Waals surface area (Å²) in [5.41, 5.74) is 1.50. The lowest BCUT2D eigenvalue weighted by Gasteiger charge is -2.29. The van der Waals surface area contributed by atoms with Crippen LogP contribution >= 0.6 is 11.6 Å². The van der Waals surface area contributed by atoms with Gasteiger partial charge in [-0.3, -0.25) is 4.31 Å². The molecule has 2 aromatic carbocycles. The molecule has 0 fully saturated rings. The van der Waals surface area contributed by atoms with Crippen LogP contribution in [0.4, 0.5) is 10.1 Å². The van der Waals surface area contributed by atoms with Crippen LogP contribution in [0.3, 0.4) is 0 Å². The van der Waals surface area contributed by atoms with Crippen molar-refractivity contribution >= 4 is 33.3 Å². The first-order valence-corrected chi connectivity index (χ1v) is 9.55. The van der Waals surface area contributed by atoms with Crippen molar-refractivity contribution in [2.75, 3.05) is 10.6 Å². The highest BCUT2D eigenvalue weighted by atomic mass is 35.5. The molecule has 0 radical (unpaired) electrons. The van der Waals surface area contributed by atoms with Crippen LogP contribution in [-0.4, -0.2) is 31.8 Å². The first-order valence-electron chi connectivity index (χ1n) is 7.32. The maximum Gasteiger partial charge on any atom is 0.327 e. The standard InChI is InChI=1S/C17H17ClFNO4S/c1-11-9-13(18)4-3-12(11)10-16(17(21)22)20(25(2,23)24)15-7-5-14(19)6-8-15/h3-9,16H,10H2,1-2H3,(H,21,22)/t16-/m1/s1. The Morgan fingerprint density at radius 2 is 1.84 bits per heavy atom. The van der Waals surface area contributed by atoms with E-state index in [-0.39, 0.29) is 12.1 Å². The van der Waals surface area contributed by atoms with E-state index in [1.807, 2.05) is 0 Å². The van der Waals surface area contributed by atoms with Gasteiger partial charge in [-0.1, -0.05) is 17.7 Å². The van der Waals surface area contributed by atoms with Crippen LogP contribution in [-0.2, 0) is 21.2 Å². The smallest absolute Gasteiger partial charge is 0.327 e. The topological polar surface area (TPSA) is 74.7 Å². The average Bonchev–Trinajstić information content (AvgIpc) is 2.49. The number of hydrogen-bond acceptors (Lipinski definition) is 3. The van der Waals surface area contributed by atoms with Crippen LogP contribution in [0.15, 0.2) is 42.5 Å². The highest BCUT2D eigenvalue weighted by Crippen LogP contribution is 2.25. The number of hydrogen-bond donors (Lipinski definition) is 1. The van der Waals surface area contributed by atoms with Crippen LogP contribution < -0.4 is 4.31 Å². The number of sulfonamides is 1. The van der Waals surface area contributed by atoms with E-state index in [2.05, 4.69) is 0 Å². The molecule has 2 aromatic rings. The van der Waals surface area contributed by atoms with Gasteiger partial charge in [-0.15, -0.1) is 0 Å². The SMILES string of the molecule is Cc1cc(Cl)ccc1C[C@H](C(=O)O)N(c1ccc(F)cc1)S(C)(=O)=O. The van der Waals surface area contributed by atoms with E-state index in [0.29, 0.717) is 10.6 Å². The zero-order valence-corrected chi connectivity index (χ0v) is 15.2. The fourth-order valence-electron chi connectivity index (χ4n) is 2.56. The van der Waals surface area contributed by atoms with E-state index in [1.165, 1.54) is 12.1 Å². The Hall–Kier alpha value is -2.12. The summed E-state index contributed by atoms with van der Waals surface area (Å²) in [6.07, 6.45) is 0.865. The van der Waals surface area contributed by atoms with Gasteiger partial charge in [-0.25, -0.2) is 17.6 Å². The fourth-order valence-corrected chi connectivity index (χ4v) is 3.92. The number of carbonyl (C=O) groups is 1. The number of aliphatic carboxylic acids is 1. The molecule has 0 saturated carbocycles. The van der Waals surface area contributed by atoms with Gasteiger partial charge < -0.3 is 5.11 Å². The molecule has 0 aliphatic rings. The molecule has 0 amide bonds. The summed E-state index contributed by atoms with van der Waals surface area (Å²) in [4.78, 5) is 11.8. The summed E-state index contributed by atoms with van der Waals surface area (Å²) in [6.45, 7) is 1.77. The summed E-state index contributed by atoms with van der Waals surface area (Å²) < 4.78 is 38.4. The molecule has 0 bridgehead atoms. The van der Waals surface area contributed by atoms with Crippen molar-refractivity contribution in [3.63, 3.8) is 0 Å². The fraction of sp³-hybridized carbons (Fsp3) is 0.235. The van der Waals surface area contributed by atoms with Crippen molar-refractivity contribution in [3.8, 4) is 0 Å². The number of carboxylic acid groups (broad SMARTS) is 1. The lowest BCUT2D eigenvalue weighted by molar-refractivity contribution is -0.138. The Morgan fingerprint density at radius 1 is 1.24 bits per heavy atom. The van der Waals surface area contributed by atoms with E-state index in [4.69, 9.17) is 11.6 Å². The second kappa shape index (κ2) is 7.41. The highest BCUT2D eigenvalue weighted by Gasteiger charge is 2.33. The molecule has 5 nitrogen and oxygen atoms in total. The first-order chi connectivity index (χ1) is 11.6. The first kappa shape index (κ1) is 19.2. The lowest BCUT2D eigenvalue weighted by atomic mass is 10.0. The van der Waals surface area contributed by atoms with Gasteiger partial charge in [0.2, 0.25) is 10.0 Å². The Morgan fingerprint density at radius 3 is 2.32 bits per heavy atom. The van der Waals surface area contributed by atoms with Crippen molar-refractivity contribution in [1.29, 1.82) is 0 Å². The van der Waals surface area contributed by atoms with Gasteiger partial charge in [0.25, 0.3) is 0 Å². The van der Waals surface area contributed by atoms with Crippen LogP contribution in [0.1, 0.15) is 11.1 Å². The van der Waals surface area contributed by atoms with Crippen molar-refractivity contribution < 1.29 is 22.7 Å². The minimum atomic E-state index is -3.91. The summed E-state index contributed by atoms with van der Waals surface area (Å²) in [5.74, 6) is -1.85. The summed E-state index contributed by atoms with van der Waals surface area (Å²) in [7, 11) is -3.91. The molecule has 0 unspecified atom stereocenters. The number of rotatable bonds is 6. The molecule has 0 aromatic heterocycles. The third kappa shape index (κ3) is 4.70. The summed E-state index contributed by atoms with van der Waals surface area (Å²) in [6, 6.07) is 8.23. The molecule has 2 rings (SSSR count). The maximum absolute atomic E-state index is 13.1. The number of carboxylic acids is 1. The molecule has 0 saturated heterocycles. The molecule has 1 N–H and O–H groups in total. The van der Waals surface area contributed by atoms with E-state index >= 15 is 0 Å². The van der Waals surface area contributed by atoms with Gasteiger partial charge in [-0.05, 0) is 54.4 Å². The Labute approximate surface area is 150 Å². The van der Waals surface area contributed by atoms with E-state index < -0.39 is 27.9 Å². The van der Waals surface area contributed by atoms with E-state index in [0.717, 1.165) is 28.3 Å². The molecule has 0 aliphatic heterocycles. The molecular formula is C17H17ClFNO4S. The third-order valence-electron chi connectivity index (χ3n) is 3.72. The molecule has 25 heavy (non-hydrogen) atoms. The molecule has 0 aliphatic carbocycles. The van der Waals surface area contributed by atoms with Gasteiger partial charge in [0.1, 0.15) is 11.9 Å². The minimum absolute atomic E-state index is 0.0528. The van der Waals surface area contributed by atoms with Crippen molar-refractivity contribution in [2.45, 2.75) is 19.4 Å². The van der Waals surface area contributed by atoms with Crippen LogP contribution in [0.2, 0.25) is 5.02 Å². The molecule has 0 heterocycles. The molecule has 8 heteroatoms. The predicted octanol–water partition coefficient (Wildman–Crippen LogP) is 3.25. The van der Waals surface area contributed by atoms with Crippen LogP contribution in [0.5, 0.6) is 0 Å². The van der Waals surface area contributed by atoms with Crippen LogP contribution in [0.25, 0.3) is 0 Å². The zero-order chi connectivity index (χ0) is 18.8. The predicted molar refractivity (Wildman–Crippen MR) is 95.0 cm³/mol. The summed E-state index contributed by atoms with van der Waals surface area (Å²) in [5, 5.41) is 10.1. The largest absolute Gasteiger partial charge is 0.480 e. The Bertz CT molecular complexity index is 884. The molecular weight excluding hydrogens is 369 g/mol. The lowest BCUT2D eigenvalue weighted by Crippen LogP contribution is -2.46. The Balaban J connectivity index is 2.50. The van der Waals surface area contributed by atoms with Gasteiger partial charge >= 0.3 is 5.97 Å². The number of aryl methyl sites for hydroxylation is 1. The van der Waals surface area contributed by atoms with Crippen LogP contribution in [0, 0.1) is 12.7 Å². The quantitative estimate of drug-likeness (QED) is 0.828. The number of benzene rings is 2. The normalized spacial score (nSPS) is 12.6. The third-order valence-corrected chi connectivity index (χ3v) is 5.14. The second-order valence-corrected chi connectivity index (χ2v) is 7.96. The molecule has 0 spiro atoms. The van der Waals surface area contributed by atoms with Gasteiger partial charge in [0.15, 0.2) is 0 Å². The monoisotopic (exact) mass is 385 g/mol. The van der Waals surface area contributed by atoms with Gasteiger partial charge in [-0.2, -0.15) is 0 Å². The van der Waals surface area contributed by atoms with E-state index in [1.54, 1.807) is 25.1 Å². The second-order valence-electron chi connectivity index (χ2n) is 5.66. The number of nitrogens with zero attached hydrogens (tertiary/aromatic N) is 1. The average molecular weight is 386 g/mol. The molecule has 134 valence electrons. The van der Waals surface area contributed by atoms with Crippen molar-refractivity contribution in [2.24, 2.45) is 0 Å². The maximum atomic E-state index is 13.1. The summed E-state index contributed by atoms with van der Waals surface area (Å²) >= 11 is 5.90. The molecule has 1 atom stereocenters. The van der Waals surface area contributed by atoms with Crippen molar-refractivity contribution in [3.05, 3.63) is 64.4 Å².